The van der Waals surface area contributed by atoms with E-state index in [9.17, 15) is 9.18 Å². The SMILES string of the molecule is Cc1cc(Oc2nc(N3CCCC3)nc3c2CN(C(=O)c2ccccc2Cl)CC3)ccc1F. The Morgan fingerprint density at radius 3 is 2.64 bits per heavy atom. The number of hydrogen-bond acceptors (Lipinski definition) is 5. The minimum absolute atomic E-state index is 0.140. The van der Waals surface area contributed by atoms with Crippen molar-refractivity contribution in [2.45, 2.75) is 32.7 Å². The molecule has 0 spiro atoms. The van der Waals surface area contributed by atoms with Crippen molar-refractivity contribution in [2.24, 2.45) is 0 Å². The fraction of sp³-hybridized carbons (Fsp3) is 0.320. The summed E-state index contributed by atoms with van der Waals surface area (Å²) in [5.41, 5.74) is 2.61. The second-order valence-corrected chi connectivity index (χ2v) is 8.82. The van der Waals surface area contributed by atoms with Crippen LogP contribution < -0.4 is 9.64 Å². The number of carbonyl (C=O) groups is 1. The van der Waals surface area contributed by atoms with E-state index in [1.165, 1.54) is 6.07 Å². The van der Waals surface area contributed by atoms with Crippen LogP contribution in [0.1, 0.15) is 40.0 Å². The first-order valence-electron chi connectivity index (χ1n) is 11.1. The second kappa shape index (κ2) is 8.98. The molecule has 0 saturated carbocycles. The first-order chi connectivity index (χ1) is 16.0. The van der Waals surface area contributed by atoms with Gasteiger partial charge in [0, 0.05) is 26.1 Å². The lowest BCUT2D eigenvalue weighted by atomic mass is 10.0. The molecular formula is C25H24ClFN4O2. The molecule has 170 valence electrons. The number of amides is 1. The molecule has 0 unspecified atom stereocenters. The third-order valence-electron chi connectivity index (χ3n) is 6.13. The normalized spacial score (nSPS) is 15.5. The lowest BCUT2D eigenvalue weighted by molar-refractivity contribution is 0.0732. The average molecular weight is 467 g/mol. The topological polar surface area (TPSA) is 58.6 Å². The van der Waals surface area contributed by atoms with Gasteiger partial charge in [-0.1, -0.05) is 23.7 Å². The zero-order chi connectivity index (χ0) is 22.9. The summed E-state index contributed by atoms with van der Waals surface area (Å²) in [5, 5.41) is 0.423. The van der Waals surface area contributed by atoms with Gasteiger partial charge in [0.2, 0.25) is 11.8 Å². The number of aromatic nitrogens is 2. The van der Waals surface area contributed by atoms with Crippen LogP contribution in [-0.4, -0.2) is 40.4 Å². The molecule has 3 heterocycles. The van der Waals surface area contributed by atoms with Gasteiger partial charge in [-0.25, -0.2) is 9.37 Å². The summed E-state index contributed by atoms with van der Waals surface area (Å²) in [6.45, 7) is 4.35. The van der Waals surface area contributed by atoms with Crippen molar-refractivity contribution in [3.05, 3.63) is 75.7 Å². The van der Waals surface area contributed by atoms with E-state index in [-0.39, 0.29) is 11.7 Å². The Bertz CT molecular complexity index is 1210. The lowest BCUT2D eigenvalue weighted by Crippen LogP contribution is -2.37. The van der Waals surface area contributed by atoms with E-state index in [2.05, 4.69) is 4.90 Å². The van der Waals surface area contributed by atoms with E-state index in [1.54, 1.807) is 48.2 Å². The Kier molecular flexibility index (Phi) is 5.89. The molecule has 0 N–H and O–H groups in total. The molecule has 0 atom stereocenters. The highest BCUT2D eigenvalue weighted by atomic mass is 35.5. The maximum absolute atomic E-state index is 13.8. The molecule has 1 saturated heterocycles. The summed E-state index contributed by atoms with van der Waals surface area (Å²) in [6, 6.07) is 11.7. The van der Waals surface area contributed by atoms with Crippen LogP contribution >= 0.6 is 11.6 Å². The summed E-state index contributed by atoms with van der Waals surface area (Å²) in [6.07, 6.45) is 2.80. The minimum Gasteiger partial charge on any atom is -0.438 e. The van der Waals surface area contributed by atoms with Gasteiger partial charge < -0.3 is 14.5 Å². The van der Waals surface area contributed by atoms with Gasteiger partial charge in [-0.3, -0.25) is 4.79 Å². The predicted molar refractivity (Wildman–Crippen MR) is 125 cm³/mol. The molecule has 8 heteroatoms. The van der Waals surface area contributed by atoms with Crippen LogP contribution in [0.25, 0.3) is 0 Å². The average Bonchev–Trinajstić information content (AvgIpc) is 3.36. The van der Waals surface area contributed by atoms with Crippen LogP contribution in [0, 0.1) is 12.7 Å². The van der Waals surface area contributed by atoms with E-state index in [1.807, 2.05) is 0 Å². The fourth-order valence-corrected chi connectivity index (χ4v) is 4.50. The molecule has 33 heavy (non-hydrogen) atoms. The molecule has 1 amide bonds. The van der Waals surface area contributed by atoms with Crippen molar-refractivity contribution in [1.82, 2.24) is 14.9 Å². The molecule has 5 rings (SSSR count). The van der Waals surface area contributed by atoms with Crippen molar-refractivity contribution in [1.29, 1.82) is 0 Å². The van der Waals surface area contributed by atoms with Gasteiger partial charge in [-0.2, -0.15) is 4.98 Å². The molecule has 2 aliphatic heterocycles. The molecule has 6 nitrogen and oxygen atoms in total. The Morgan fingerprint density at radius 1 is 1.09 bits per heavy atom. The van der Waals surface area contributed by atoms with Crippen molar-refractivity contribution in [3.8, 4) is 11.6 Å². The second-order valence-electron chi connectivity index (χ2n) is 8.42. The molecule has 1 fully saturated rings. The highest BCUT2D eigenvalue weighted by molar-refractivity contribution is 6.33. The van der Waals surface area contributed by atoms with E-state index in [0.29, 0.717) is 53.2 Å². The largest absolute Gasteiger partial charge is 0.438 e. The Labute approximate surface area is 197 Å². The molecule has 3 aromatic rings. The predicted octanol–water partition coefficient (Wildman–Crippen LogP) is 5.17. The number of carbonyl (C=O) groups excluding carboxylic acids is 1. The Morgan fingerprint density at radius 2 is 1.88 bits per heavy atom. The van der Waals surface area contributed by atoms with Gasteiger partial charge in [0.05, 0.1) is 28.4 Å². The maximum Gasteiger partial charge on any atom is 0.255 e. The molecule has 2 aromatic carbocycles. The van der Waals surface area contributed by atoms with Crippen LogP contribution in [0.5, 0.6) is 11.6 Å². The number of benzene rings is 2. The van der Waals surface area contributed by atoms with Crippen molar-refractivity contribution < 1.29 is 13.9 Å². The third-order valence-corrected chi connectivity index (χ3v) is 6.46. The van der Waals surface area contributed by atoms with Gasteiger partial charge in [-0.05, 0) is 55.7 Å². The summed E-state index contributed by atoms with van der Waals surface area (Å²) in [5.74, 6) is 1.12. The summed E-state index contributed by atoms with van der Waals surface area (Å²) < 4.78 is 19.9. The lowest BCUT2D eigenvalue weighted by Gasteiger charge is -2.30. The monoisotopic (exact) mass is 466 g/mol. The highest BCUT2D eigenvalue weighted by Gasteiger charge is 2.29. The van der Waals surface area contributed by atoms with E-state index >= 15 is 0 Å². The quantitative estimate of drug-likeness (QED) is 0.531. The summed E-state index contributed by atoms with van der Waals surface area (Å²) >= 11 is 6.27. The van der Waals surface area contributed by atoms with Crippen LogP contribution in [-0.2, 0) is 13.0 Å². The number of halogens is 2. The number of fused-ring (bicyclic) bond motifs is 1. The minimum atomic E-state index is -0.290. The molecular weight excluding hydrogens is 443 g/mol. The van der Waals surface area contributed by atoms with Crippen LogP contribution in [0.2, 0.25) is 5.02 Å². The Balaban J connectivity index is 1.50. The smallest absolute Gasteiger partial charge is 0.255 e. The zero-order valence-corrected chi connectivity index (χ0v) is 19.1. The number of ether oxygens (including phenoxy) is 1. The van der Waals surface area contributed by atoms with Crippen molar-refractivity contribution in [2.75, 3.05) is 24.5 Å². The standard InChI is InChI=1S/C25H24ClFN4O2/c1-16-14-17(8-9-21(16)27)33-23-19-15-31(24(32)18-6-2-3-7-20(18)26)13-10-22(19)28-25(29-23)30-11-4-5-12-30/h2-3,6-9,14H,4-5,10-13,15H2,1H3. The summed E-state index contributed by atoms with van der Waals surface area (Å²) in [4.78, 5) is 26.6. The number of hydrogen-bond donors (Lipinski definition) is 0. The molecule has 0 aliphatic carbocycles. The molecule has 2 aliphatic rings. The van der Waals surface area contributed by atoms with Crippen LogP contribution in [0.15, 0.2) is 42.5 Å². The first-order valence-corrected chi connectivity index (χ1v) is 11.5. The van der Waals surface area contributed by atoms with Gasteiger partial charge in [0.15, 0.2) is 0 Å². The highest BCUT2D eigenvalue weighted by Crippen LogP contribution is 2.33. The van der Waals surface area contributed by atoms with Crippen LogP contribution in [0.4, 0.5) is 10.3 Å². The zero-order valence-electron chi connectivity index (χ0n) is 18.4. The van der Waals surface area contributed by atoms with Gasteiger partial charge in [-0.15, -0.1) is 0 Å². The number of rotatable bonds is 4. The maximum atomic E-state index is 13.8. The molecule has 0 bridgehead atoms. The van der Waals surface area contributed by atoms with Crippen LogP contribution in [0.3, 0.4) is 0 Å². The number of nitrogens with zero attached hydrogens (tertiary/aromatic N) is 4. The molecule has 1 aromatic heterocycles. The van der Waals surface area contributed by atoms with Crippen molar-refractivity contribution >= 4 is 23.5 Å². The van der Waals surface area contributed by atoms with Gasteiger partial charge in [0.1, 0.15) is 11.6 Å². The Hall–Kier alpha value is -3.19. The van der Waals surface area contributed by atoms with Gasteiger partial charge >= 0.3 is 0 Å². The van der Waals surface area contributed by atoms with Gasteiger partial charge in [0.25, 0.3) is 5.91 Å². The molecule has 0 radical (unpaired) electrons. The first kappa shape index (κ1) is 21.6. The third kappa shape index (κ3) is 4.37. The van der Waals surface area contributed by atoms with E-state index < -0.39 is 0 Å². The fourth-order valence-electron chi connectivity index (χ4n) is 4.29. The number of anilines is 1. The number of aryl methyl sites for hydroxylation is 1. The van der Waals surface area contributed by atoms with E-state index in [0.717, 1.165) is 37.2 Å². The summed E-state index contributed by atoms with van der Waals surface area (Å²) in [7, 11) is 0. The van der Waals surface area contributed by atoms with Crippen molar-refractivity contribution in [3.63, 3.8) is 0 Å². The van der Waals surface area contributed by atoms with E-state index in [4.69, 9.17) is 26.3 Å².